The molecule has 0 unspecified atom stereocenters. The van der Waals surface area contributed by atoms with Gasteiger partial charge in [-0.05, 0) is 50.3 Å². The number of ether oxygens (including phenoxy) is 1. The molecule has 0 spiro atoms. The second-order valence-electron chi connectivity index (χ2n) is 5.46. The molecule has 0 saturated heterocycles. The van der Waals surface area contributed by atoms with E-state index in [-0.39, 0.29) is 5.91 Å². The predicted octanol–water partition coefficient (Wildman–Crippen LogP) is 3.86. The second kappa shape index (κ2) is 8.93. The number of amides is 1. The number of halogens is 1. The van der Waals surface area contributed by atoms with Crippen LogP contribution in [-0.4, -0.2) is 36.9 Å². The van der Waals surface area contributed by atoms with Gasteiger partial charge in [0, 0.05) is 25.9 Å². The quantitative estimate of drug-likeness (QED) is 0.539. The average Bonchev–Trinajstić information content (AvgIpc) is 2.47. The van der Waals surface area contributed by atoms with Crippen molar-refractivity contribution in [3.05, 3.63) is 28.8 Å². The smallest absolute Gasteiger partial charge is 0.222 e. The first-order chi connectivity index (χ1) is 9.97. The zero-order valence-electron chi connectivity index (χ0n) is 13.5. The van der Waals surface area contributed by atoms with E-state index >= 15 is 0 Å². The molecule has 0 radical (unpaired) electrons. The number of carbonyl (C=O) groups is 1. The first kappa shape index (κ1) is 17.8. The number of nitrogens with zero attached hydrogens (tertiary/aromatic N) is 1. The van der Waals surface area contributed by atoms with Crippen molar-refractivity contribution in [2.45, 2.75) is 40.0 Å². The van der Waals surface area contributed by atoms with Gasteiger partial charge in [-0.3, -0.25) is 4.79 Å². The van der Waals surface area contributed by atoms with Gasteiger partial charge in [0.2, 0.25) is 5.91 Å². The van der Waals surface area contributed by atoms with E-state index in [0.29, 0.717) is 25.5 Å². The molecule has 3 nitrogen and oxygen atoms in total. The van der Waals surface area contributed by atoms with Crippen LogP contribution in [0.3, 0.4) is 0 Å². The van der Waals surface area contributed by atoms with Crippen LogP contribution in [0.15, 0.2) is 12.1 Å². The maximum absolute atomic E-state index is 11.7. The third kappa shape index (κ3) is 5.58. The summed E-state index contributed by atoms with van der Waals surface area (Å²) in [6.45, 7) is 7.57. The summed E-state index contributed by atoms with van der Waals surface area (Å²) in [5.74, 6) is 1.67. The van der Waals surface area contributed by atoms with E-state index in [4.69, 9.17) is 16.3 Å². The SMILES string of the molecule is Cc1ccc(C)c(OCCCN(C)C(=O)CCCCl)c1C. The van der Waals surface area contributed by atoms with Crippen LogP contribution in [0.5, 0.6) is 5.75 Å². The number of carbonyl (C=O) groups excluding carboxylic acids is 1. The molecule has 1 aromatic rings. The highest BCUT2D eigenvalue weighted by atomic mass is 35.5. The van der Waals surface area contributed by atoms with Gasteiger partial charge in [0.05, 0.1) is 6.61 Å². The van der Waals surface area contributed by atoms with Crippen LogP contribution in [-0.2, 0) is 4.79 Å². The van der Waals surface area contributed by atoms with Gasteiger partial charge >= 0.3 is 0 Å². The van der Waals surface area contributed by atoms with Crippen molar-refractivity contribution < 1.29 is 9.53 Å². The maximum Gasteiger partial charge on any atom is 0.222 e. The van der Waals surface area contributed by atoms with Gasteiger partial charge in [0.15, 0.2) is 0 Å². The Bertz CT molecular complexity index is 474. The van der Waals surface area contributed by atoms with Gasteiger partial charge in [-0.25, -0.2) is 0 Å². The Hall–Kier alpha value is -1.22. The van der Waals surface area contributed by atoms with E-state index in [2.05, 4.69) is 32.9 Å². The predicted molar refractivity (Wildman–Crippen MR) is 88.4 cm³/mol. The van der Waals surface area contributed by atoms with Crippen LogP contribution >= 0.6 is 11.6 Å². The summed E-state index contributed by atoms with van der Waals surface area (Å²) in [6, 6.07) is 4.19. The van der Waals surface area contributed by atoms with Crippen molar-refractivity contribution in [1.82, 2.24) is 4.90 Å². The molecule has 0 atom stereocenters. The first-order valence-electron chi connectivity index (χ1n) is 7.47. The summed E-state index contributed by atoms with van der Waals surface area (Å²) in [6.07, 6.45) is 2.09. The van der Waals surface area contributed by atoms with Crippen molar-refractivity contribution in [3.8, 4) is 5.75 Å². The topological polar surface area (TPSA) is 29.5 Å². The van der Waals surface area contributed by atoms with E-state index in [9.17, 15) is 4.79 Å². The standard InChI is InChI=1S/C17H26ClNO2/c1-13-8-9-14(2)17(15(13)3)21-12-6-11-19(4)16(20)7-5-10-18/h8-9H,5-7,10-12H2,1-4H3. The van der Waals surface area contributed by atoms with Gasteiger partial charge in [-0.15, -0.1) is 11.6 Å². The number of hydrogen-bond acceptors (Lipinski definition) is 2. The highest BCUT2D eigenvalue weighted by molar-refractivity contribution is 6.17. The Kier molecular flexibility index (Phi) is 7.58. The van der Waals surface area contributed by atoms with Crippen LogP contribution in [0.25, 0.3) is 0 Å². The number of aryl methyl sites for hydroxylation is 2. The van der Waals surface area contributed by atoms with Crippen molar-refractivity contribution in [1.29, 1.82) is 0 Å². The Morgan fingerprint density at radius 3 is 2.52 bits per heavy atom. The van der Waals surface area contributed by atoms with E-state index < -0.39 is 0 Å². The lowest BCUT2D eigenvalue weighted by molar-refractivity contribution is -0.130. The molecular weight excluding hydrogens is 286 g/mol. The van der Waals surface area contributed by atoms with Gasteiger partial charge in [-0.1, -0.05) is 12.1 Å². The average molecular weight is 312 g/mol. The molecule has 0 aromatic heterocycles. The zero-order valence-corrected chi connectivity index (χ0v) is 14.3. The molecule has 4 heteroatoms. The molecule has 0 saturated carbocycles. The zero-order chi connectivity index (χ0) is 15.8. The molecule has 1 aromatic carbocycles. The largest absolute Gasteiger partial charge is 0.493 e. The Balaban J connectivity index is 2.38. The summed E-state index contributed by atoms with van der Waals surface area (Å²) in [7, 11) is 1.83. The molecule has 0 bridgehead atoms. The number of hydrogen-bond donors (Lipinski definition) is 0. The Labute approximate surface area is 133 Å². The fourth-order valence-electron chi connectivity index (χ4n) is 2.16. The van der Waals surface area contributed by atoms with Crippen LogP contribution in [0.1, 0.15) is 36.0 Å². The van der Waals surface area contributed by atoms with E-state index in [1.54, 1.807) is 4.90 Å². The lowest BCUT2D eigenvalue weighted by atomic mass is 10.1. The first-order valence-corrected chi connectivity index (χ1v) is 8.00. The second-order valence-corrected chi connectivity index (χ2v) is 5.84. The summed E-state index contributed by atoms with van der Waals surface area (Å²) >= 11 is 5.60. The summed E-state index contributed by atoms with van der Waals surface area (Å²) in [5, 5.41) is 0. The van der Waals surface area contributed by atoms with Gasteiger partial charge in [0.25, 0.3) is 0 Å². The minimum Gasteiger partial charge on any atom is -0.493 e. The van der Waals surface area contributed by atoms with Crippen LogP contribution in [0, 0.1) is 20.8 Å². The van der Waals surface area contributed by atoms with Gasteiger partial charge < -0.3 is 9.64 Å². The molecule has 1 rings (SSSR count). The van der Waals surface area contributed by atoms with Crippen molar-refractivity contribution in [2.24, 2.45) is 0 Å². The van der Waals surface area contributed by atoms with Crippen molar-refractivity contribution in [2.75, 3.05) is 26.1 Å². The fourth-order valence-corrected chi connectivity index (χ4v) is 2.29. The Morgan fingerprint density at radius 2 is 1.86 bits per heavy atom. The fraction of sp³-hybridized carbons (Fsp3) is 0.588. The minimum atomic E-state index is 0.151. The monoisotopic (exact) mass is 311 g/mol. The van der Waals surface area contributed by atoms with Crippen LogP contribution in [0.2, 0.25) is 0 Å². The Morgan fingerprint density at radius 1 is 1.19 bits per heavy atom. The molecular formula is C17H26ClNO2. The molecule has 0 heterocycles. The molecule has 0 aliphatic carbocycles. The number of rotatable bonds is 8. The van der Waals surface area contributed by atoms with Crippen molar-refractivity contribution in [3.63, 3.8) is 0 Å². The minimum absolute atomic E-state index is 0.151. The lowest BCUT2D eigenvalue weighted by Crippen LogP contribution is -2.28. The summed E-state index contributed by atoms with van der Waals surface area (Å²) in [5.41, 5.74) is 3.59. The third-order valence-electron chi connectivity index (χ3n) is 3.71. The number of benzene rings is 1. The molecule has 21 heavy (non-hydrogen) atoms. The normalized spacial score (nSPS) is 10.5. The molecule has 0 N–H and O–H groups in total. The third-order valence-corrected chi connectivity index (χ3v) is 3.98. The number of alkyl halides is 1. The van der Waals surface area contributed by atoms with Gasteiger partial charge in [-0.2, -0.15) is 0 Å². The molecule has 118 valence electrons. The van der Waals surface area contributed by atoms with Crippen LogP contribution in [0.4, 0.5) is 0 Å². The van der Waals surface area contributed by atoms with Crippen LogP contribution < -0.4 is 4.74 Å². The summed E-state index contributed by atoms with van der Waals surface area (Å²) < 4.78 is 5.90. The molecule has 0 aliphatic rings. The van der Waals surface area contributed by atoms with Crippen molar-refractivity contribution >= 4 is 17.5 Å². The molecule has 0 fully saturated rings. The van der Waals surface area contributed by atoms with Gasteiger partial charge in [0.1, 0.15) is 5.75 Å². The highest BCUT2D eigenvalue weighted by Gasteiger charge is 2.09. The van der Waals surface area contributed by atoms with E-state index in [1.807, 2.05) is 7.05 Å². The maximum atomic E-state index is 11.7. The van der Waals surface area contributed by atoms with E-state index in [1.165, 1.54) is 11.1 Å². The summed E-state index contributed by atoms with van der Waals surface area (Å²) in [4.78, 5) is 13.5. The molecule has 1 amide bonds. The lowest BCUT2D eigenvalue weighted by Gasteiger charge is -2.18. The molecule has 0 aliphatic heterocycles. The highest BCUT2D eigenvalue weighted by Crippen LogP contribution is 2.25. The van der Waals surface area contributed by atoms with E-state index in [0.717, 1.165) is 24.2 Å².